The molecule has 2 rings (SSSR count). The van der Waals surface area contributed by atoms with Crippen LogP contribution in [0.25, 0.3) is 0 Å². The molecule has 0 amide bonds. The van der Waals surface area contributed by atoms with E-state index in [0.29, 0.717) is 0 Å². The van der Waals surface area contributed by atoms with Crippen LogP contribution in [-0.2, 0) is 6.42 Å². The van der Waals surface area contributed by atoms with Crippen molar-refractivity contribution in [2.75, 3.05) is 59.4 Å². The lowest BCUT2D eigenvalue weighted by Crippen LogP contribution is -2.46. The molecule has 1 heterocycles. The molecule has 0 unspecified atom stereocenters. The average molecular weight is 508 g/mol. The third-order valence-corrected chi connectivity index (χ3v) is 5.20. The largest absolute Gasteiger partial charge is 0.356 e. The van der Waals surface area contributed by atoms with Gasteiger partial charge in [0.1, 0.15) is 0 Å². The van der Waals surface area contributed by atoms with Crippen LogP contribution in [0.1, 0.15) is 25.3 Å². The predicted molar refractivity (Wildman–Crippen MR) is 128 cm³/mol. The van der Waals surface area contributed by atoms with E-state index in [1.54, 1.807) is 0 Å². The Morgan fingerprint density at radius 3 is 2.26 bits per heavy atom. The molecule has 1 fully saturated rings. The number of benzene rings is 1. The van der Waals surface area contributed by atoms with Crippen LogP contribution in [0.2, 0.25) is 5.02 Å². The van der Waals surface area contributed by atoms with Crippen molar-refractivity contribution in [1.29, 1.82) is 0 Å². The van der Waals surface area contributed by atoms with Crippen molar-refractivity contribution in [3.8, 4) is 0 Å². The average Bonchev–Trinajstić information content (AvgIpc) is 2.68. The van der Waals surface area contributed by atoms with E-state index in [1.807, 2.05) is 19.2 Å². The van der Waals surface area contributed by atoms with Crippen molar-refractivity contribution in [2.45, 2.75) is 26.2 Å². The smallest absolute Gasteiger partial charge is 0.190 e. The van der Waals surface area contributed by atoms with Gasteiger partial charge in [-0.1, -0.05) is 30.7 Å². The molecule has 1 aliphatic heterocycles. The van der Waals surface area contributed by atoms with Crippen LogP contribution in [0.15, 0.2) is 29.3 Å². The molecule has 1 aliphatic rings. The normalized spacial score (nSPS) is 16.0. The number of hydrogen-bond acceptors (Lipinski definition) is 3. The number of nitrogens with zero attached hydrogens (tertiary/aromatic N) is 3. The highest BCUT2D eigenvalue weighted by atomic mass is 127. The first kappa shape index (κ1) is 24.5. The fourth-order valence-electron chi connectivity index (χ4n) is 3.19. The number of hydrogen-bond donors (Lipinski definition) is 2. The van der Waals surface area contributed by atoms with Gasteiger partial charge in [0, 0.05) is 51.3 Å². The van der Waals surface area contributed by atoms with E-state index in [9.17, 15) is 0 Å². The molecule has 1 aromatic rings. The van der Waals surface area contributed by atoms with Crippen molar-refractivity contribution in [3.63, 3.8) is 0 Å². The Bertz CT molecular complexity index is 530. The summed E-state index contributed by atoms with van der Waals surface area (Å²) in [6.45, 7) is 11.3. The highest BCUT2D eigenvalue weighted by molar-refractivity contribution is 14.0. The van der Waals surface area contributed by atoms with Gasteiger partial charge in [0.25, 0.3) is 0 Å². The minimum atomic E-state index is 0. The van der Waals surface area contributed by atoms with Crippen molar-refractivity contribution >= 4 is 41.5 Å². The monoisotopic (exact) mass is 507 g/mol. The minimum absolute atomic E-state index is 0. The Balaban J connectivity index is 0.00000364. The standard InChI is InChI=1S/C20H34ClN5.HI/c1-3-25-14-16-26(17-15-25)13-5-4-11-23-20(22-2)24-12-10-18-6-8-19(21)9-7-18;/h6-9H,3-5,10-17H2,1-2H3,(H2,22,23,24);1H. The first-order chi connectivity index (χ1) is 12.7. The molecule has 0 atom stereocenters. The molecule has 5 nitrogen and oxygen atoms in total. The summed E-state index contributed by atoms with van der Waals surface area (Å²) >= 11 is 5.91. The van der Waals surface area contributed by atoms with Crippen LogP contribution in [0.4, 0.5) is 0 Å². The molecule has 0 saturated carbocycles. The van der Waals surface area contributed by atoms with Crippen LogP contribution in [0.3, 0.4) is 0 Å². The van der Waals surface area contributed by atoms with E-state index in [-0.39, 0.29) is 24.0 Å². The van der Waals surface area contributed by atoms with Gasteiger partial charge in [-0.15, -0.1) is 24.0 Å². The quantitative estimate of drug-likeness (QED) is 0.233. The number of likely N-dealkylation sites (N-methyl/N-ethyl adjacent to an activating group) is 1. The number of piperazine rings is 1. The summed E-state index contributed by atoms with van der Waals surface area (Å²) in [5.74, 6) is 0.885. The topological polar surface area (TPSA) is 42.9 Å². The number of rotatable bonds is 9. The molecule has 0 aliphatic carbocycles. The number of aliphatic imine (C=N–C) groups is 1. The van der Waals surface area contributed by atoms with Gasteiger partial charge in [0.15, 0.2) is 5.96 Å². The molecule has 0 spiro atoms. The van der Waals surface area contributed by atoms with Gasteiger partial charge in [-0.05, 0) is 50.0 Å². The van der Waals surface area contributed by atoms with Gasteiger partial charge in [0.05, 0.1) is 0 Å². The predicted octanol–water partition coefficient (Wildman–Crippen LogP) is 3.08. The summed E-state index contributed by atoms with van der Waals surface area (Å²) in [7, 11) is 1.82. The van der Waals surface area contributed by atoms with Crippen LogP contribution >= 0.6 is 35.6 Å². The first-order valence-electron chi connectivity index (χ1n) is 9.85. The fraction of sp³-hybridized carbons (Fsp3) is 0.650. The third kappa shape index (κ3) is 9.96. The van der Waals surface area contributed by atoms with Gasteiger partial charge < -0.3 is 20.4 Å². The van der Waals surface area contributed by atoms with Crippen molar-refractivity contribution in [2.24, 2.45) is 4.99 Å². The summed E-state index contributed by atoms with van der Waals surface area (Å²) in [5, 5.41) is 7.57. The second-order valence-electron chi connectivity index (χ2n) is 6.79. The molecule has 0 radical (unpaired) electrons. The van der Waals surface area contributed by atoms with Gasteiger partial charge in [-0.2, -0.15) is 0 Å². The van der Waals surface area contributed by atoms with Gasteiger partial charge in [-0.3, -0.25) is 4.99 Å². The second-order valence-corrected chi connectivity index (χ2v) is 7.22. The molecule has 27 heavy (non-hydrogen) atoms. The first-order valence-corrected chi connectivity index (χ1v) is 10.2. The Kier molecular flexibility index (Phi) is 13.1. The summed E-state index contributed by atoms with van der Waals surface area (Å²) in [4.78, 5) is 9.41. The van der Waals surface area contributed by atoms with E-state index in [4.69, 9.17) is 11.6 Å². The van der Waals surface area contributed by atoms with Crippen LogP contribution in [0, 0.1) is 0 Å². The number of halogens is 2. The molecule has 0 bridgehead atoms. The zero-order chi connectivity index (χ0) is 18.6. The Hall–Kier alpha value is -0.570. The summed E-state index contributed by atoms with van der Waals surface area (Å²) < 4.78 is 0. The highest BCUT2D eigenvalue weighted by Gasteiger charge is 2.14. The maximum absolute atomic E-state index is 5.91. The van der Waals surface area contributed by atoms with E-state index < -0.39 is 0 Å². The molecular weight excluding hydrogens is 473 g/mol. The molecule has 2 N–H and O–H groups in total. The van der Waals surface area contributed by atoms with Gasteiger partial charge >= 0.3 is 0 Å². The third-order valence-electron chi connectivity index (χ3n) is 4.95. The number of nitrogens with one attached hydrogen (secondary N) is 2. The zero-order valence-electron chi connectivity index (χ0n) is 16.7. The Morgan fingerprint density at radius 2 is 1.63 bits per heavy atom. The maximum Gasteiger partial charge on any atom is 0.190 e. The SMILES string of the molecule is CCN1CCN(CCCCNC(=NC)NCCc2ccc(Cl)cc2)CC1.I. The molecule has 1 saturated heterocycles. The van der Waals surface area contributed by atoms with E-state index in [0.717, 1.165) is 30.5 Å². The lowest BCUT2D eigenvalue weighted by Gasteiger charge is -2.34. The fourth-order valence-corrected chi connectivity index (χ4v) is 3.32. The van der Waals surface area contributed by atoms with Crippen LogP contribution in [-0.4, -0.2) is 75.2 Å². The van der Waals surface area contributed by atoms with E-state index in [2.05, 4.69) is 44.5 Å². The van der Waals surface area contributed by atoms with Crippen molar-refractivity contribution in [1.82, 2.24) is 20.4 Å². The van der Waals surface area contributed by atoms with Gasteiger partial charge in [-0.25, -0.2) is 0 Å². The molecule has 0 aromatic heterocycles. The van der Waals surface area contributed by atoms with E-state index >= 15 is 0 Å². The van der Waals surface area contributed by atoms with E-state index in [1.165, 1.54) is 57.7 Å². The lowest BCUT2D eigenvalue weighted by atomic mass is 10.1. The lowest BCUT2D eigenvalue weighted by molar-refractivity contribution is 0.136. The van der Waals surface area contributed by atoms with Crippen LogP contribution in [0.5, 0.6) is 0 Å². The Labute approximate surface area is 186 Å². The number of unbranched alkanes of at least 4 members (excludes halogenated alkanes) is 1. The number of guanidine groups is 1. The summed E-state index contributed by atoms with van der Waals surface area (Å²) in [6, 6.07) is 8.01. The summed E-state index contributed by atoms with van der Waals surface area (Å²) in [6.07, 6.45) is 3.37. The van der Waals surface area contributed by atoms with Crippen molar-refractivity contribution < 1.29 is 0 Å². The molecule has 7 heteroatoms. The van der Waals surface area contributed by atoms with Gasteiger partial charge in [0.2, 0.25) is 0 Å². The zero-order valence-corrected chi connectivity index (χ0v) is 19.8. The second kappa shape index (κ2) is 14.4. The van der Waals surface area contributed by atoms with Crippen molar-refractivity contribution in [3.05, 3.63) is 34.9 Å². The molecule has 1 aromatic carbocycles. The summed E-state index contributed by atoms with van der Waals surface area (Å²) in [5.41, 5.74) is 1.28. The molecule has 154 valence electrons. The molecular formula is C20H35ClIN5. The minimum Gasteiger partial charge on any atom is -0.356 e. The Morgan fingerprint density at radius 1 is 1.00 bits per heavy atom. The van der Waals surface area contributed by atoms with Crippen LogP contribution < -0.4 is 10.6 Å². The highest BCUT2D eigenvalue weighted by Crippen LogP contribution is 2.09. The maximum atomic E-state index is 5.91.